The minimum atomic E-state index is 0.0672. The fourth-order valence-corrected chi connectivity index (χ4v) is 3.21. The van der Waals surface area contributed by atoms with Crippen LogP contribution in [0, 0.1) is 12.8 Å². The lowest BCUT2D eigenvalue weighted by Crippen LogP contribution is -2.23. The van der Waals surface area contributed by atoms with E-state index in [0.717, 1.165) is 34.6 Å². The van der Waals surface area contributed by atoms with Crippen molar-refractivity contribution in [3.05, 3.63) is 47.4 Å². The van der Waals surface area contributed by atoms with E-state index in [1.165, 1.54) is 0 Å². The van der Waals surface area contributed by atoms with Gasteiger partial charge in [-0.3, -0.25) is 4.79 Å². The van der Waals surface area contributed by atoms with Crippen LogP contribution in [0.4, 0.5) is 0 Å². The standard InChI is InChI=1S/C17H16N4O/c1-10-8-13-16(14(22)9-10)18-19-17-15(11(2)20-21(13)17)12-6-4-3-5-7-12/h3-7,10H,8-9H2,1-2H3/t10-/m1/s1. The number of benzene rings is 1. The van der Waals surface area contributed by atoms with E-state index in [9.17, 15) is 4.79 Å². The Kier molecular flexibility index (Phi) is 2.82. The molecule has 0 aliphatic heterocycles. The first-order chi connectivity index (χ1) is 10.6. The molecule has 0 spiro atoms. The van der Waals surface area contributed by atoms with Gasteiger partial charge in [-0.15, -0.1) is 10.2 Å². The summed E-state index contributed by atoms with van der Waals surface area (Å²) in [5.74, 6) is 0.384. The first-order valence-corrected chi connectivity index (χ1v) is 7.48. The summed E-state index contributed by atoms with van der Waals surface area (Å²) in [7, 11) is 0. The van der Waals surface area contributed by atoms with E-state index in [2.05, 4.69) is 22.2 Å². The van der Waals surface area contributed by atoms with Gasteiger partial charge in [0.15, 0.2) is 17.1 Å². The minimum absolute atomic E-state index is 0.0672. The van der Waals surface area contributed by atoms with Crippen molar-refractivity contribution in [3.63, 3.8) is 0 Å². The Labute approximate surface area is 128 Å². The molecule has 0 N–H and O–H groups in total. The molecule has 1 atom stereocenters. The van der Waals surface area contributed by atoms with E-state index in [4.69, 9.17) is 0 Å². The van der Waals surface area contributed by atoms with Gasteiger partial charge in [0.05, 0.1) is 17.0 Å². The van der Waals surface area contributed by atoms with Crippen LogP contribution < -0.4 is 0 Å². The molecule has 5 nitrogen and oxygen atoms in total. The fourth-order valence-electron chi connectivity index (χ4n) is 3.21. The molecule has 1 aliphatic rings. The van der Waals surface area contributed by atoms with Crippen molar-refractivity contribution in [2.75, 3.05) is 0 Å². The van der Waals surface area contributed by atoms with Crippen molar-refractivity contribution in [2.45, 2.75) is 26.7 Å². The van der Waals surface area contributed by atoms with Gasteiger partial charge in [0, 0.05) is 6.42 Å². The Morgan fingerprint density at radius 2 is 1.91 bits per heavy atom. The molecule has 0 fully saturated rings. The summed E-state index contributed by atoms with van der Waals surface area (Å²) in [5.41, 5.74) is 5.05. The lowest BCUT2D eigenvalue weighted by Gasteiger charge is -2.19. The second-order valence-corrected chi connectivity index (χ2v) is 5.99. The van der Waals surface area contributed by atoms with E-state index >= 15 is 0 Å². The predicted molar refractivity (Wildman–Crippen MR) is 82.8 cm³/mol. The molecule has 3 aromatic rings. The Hall–Kier alpha value is -2.56. The number of Topliss-reactive ketones (excluding diaryl/α,β-unsaturated/α-hetero) is 1. The Morgan fingerprint density at radius 1 is 1.14 bits per heavy atom. The van der Waals surface area contributed by atoms with E-state index < -0.39 is 0 Å². The fraction of sp³-hybridized carbons (Fsp3) is 0.294. The Balaban J connectivity index is 2.01. The van der Waals surface area contributed by atoms with E-state index in [1.807, 2.05) is 41.8 Å². The van der Waals surface area contributed by atoms with Crippen molar-refractivity contribution in [3.8, 4) is 11.1 Å². The highest BCUT2D eigenvalue weighted by Gasteiger charge is 2.28. The number of hydrogen-bond donors (Lipinski definition) is 0. The van der Waals surface area contributed by atoms with E-state index in [-0.39, 0.29) is 5.78 Å². The number of ketones is 1. The quantitative estimate of drug-likeness (QED) is 0.692. The zero-order valence-corrected chi connectivity index (χ0v) is 12.6. The molecule has 0 saturated heterocycles. The maximum atomic E-state index is 12.2. The smallest absolute Gasteiger partial charge is 0.185 e. The summed E-state index contributed by atoms with van der Waals surface area (Å²) >= 11 is 0. The van der Waals surface area contributed by atoms with Gasteiger partial charge in [0.2, 0.25) is 0 Å². The van der Waals surface area contributed by atoms with Crippen LogP contribution in [0.3, 0.4) is 0 Å². The third kappa shape index (κ3) is 1.85. The molecule has 5 heteroatoms. The zero-order chi connectivity index (χ0) is 15.3. The van der Waals surface area contributed by atoms with Crippen molar-refractivity contribution in [2.24, 2.45) is 5.92 Å². The van der Waals surface area contributed by atoms with Crippen LogP contribution in [0.2, 0.25) is 0 Å². The van der Waals surface area contributed by atoms with Crippen molar-refractivity contribution < 1.29 is 4.79 Å². The molecule has 22 heavy (non-hydrogen) atoms. The summed E-state index contributed by atoms with van der Waals surface area (Å²) in [6.07, 6.45) is 1.35. The average Bonchev–Trinajstić information content (AvgIpc) is 2.84. The third-order valence-corrected chi connectivity index (χ3v) is 4.21. The molecule has 4 rings (SSSR count). The number of rotatable bonds is 1. The third-order valence-electron chi connectivity index (χ3n) is 4.21. The number of carbonyl (C=O) groups excluding carboxylic acids is 1. The van der Waals surface area contributed by atoms with Gasteiger partial charge in [0.25, 0.3) is 0 Å². The summed E-state index contributed by atoms with van der Waals surface area (Å²) in [6.45, 7) is 4.05. The maximum Gasteiger partial charge on any atom is 0.185 e. The summed E-state index contributed by atoms with van der Waals surface area (Å²) < 4.78 is 1.81. The van der Waals surface area contributed by atoms with Crippen LogP contribution >= 0.6 is 0 Å². The molecule has 0 saturated carbocycles. The summed E-state index contributed by atoms with van der Waals surface area (Å²) in [6, 6.07) is 10.1. The summed E-state index contributed by atoms with van der Waals surface area (Å²) in [5, 5.41) is 13.1. The molecule has 2 aromatic heterocycles. The Bertz CT molecular complexity index is 883. The van der Waals surface area contributed by atoms with Crippen LogP contribution in [0.15, 0.2) is 30.3 Å². The zero-order valence-electron chi connectivity index (χ0n) is 12.6. The summed E-state index contributed by atoms with van der Waals surface area (Å²) in [4.78, 5) is 12.2. The molecule has 2 heterocycles. The number of carbonyl (C=O) groups is 1. The molecular weight excluding hydrogens is 276 g/mol. The van der Waals surface area contributed by atoms with Gasteiger partial charge < -0.3 is 0 Å². The highest BCUT2D eigenvalue weighted by Crippen LogP contribution is 2.30. The second kappa shape index (κ2) is 4.73. The van der Waals surface area contributed by atoms with E-state index in [0.29, 0.717) is 18.0 Å². The normalized spacial score (nSPS) is 17.7. The van der Waals surface area contributed by atoms with Crippen LogP contribution in [0.5, 0.6) is 0 Å². The molecule has 1 aromatic carbocycles. The number of fused-ring (bicyclic) bond motifs is 3. The average molecular weight is 292 g/mol. The second-order valence-electron chi connectivity index (χ2n) is 5.99. The highest BCUT2D eigenvalue weighted by molar-refractivity contribution is 5.96. The predicted octanol–water partition coefficient (Wildman–Crippen LogP) is 2.86. The molecule has 0 amide bonds. The minimum Gasteiger partial charge on any atom is -0.292 e. The van der Waals surface area contributed by atoms with Crippen molar-refractivity contribution in [1.29, 1.82) is 0 Å². The van der Waals surface area contributed by atoms with Gasteiger partial charge in [-0.05, 0) is 24.8 Å². The van der Waals surface area contributed by atoms with Gasteiger partial charge >= 0.3 is 0 Å². The number of aromatic nitrogens is 4. The van der Waals surface area contributed by atoms with Crippen LogP contribution in [0.1, 0.15) is 35.2 Å². The van der Waals surface area contributed by atoms with Gasteiger partial charge in [0.1, 0.15) is 0 Å². The van der Waals surface area contributed by atoms with Crippen molar-refractivity contribution in [1.82, 2.24) is 19.8 Å². The van der Waals surface area contributed by atoms with Crippen molar-refractivity contribution >= 4 is 11.4 Å². The van der Waals surface area contributed by atoms with Crippen LogP contribution in [-0.2, 0) is 6.42 Å². The number of aryl methyl sites for hydroxylation is 1. The largest absolute Gasteiger partial charge is 0.292 e. The monoisotopic (exact) mass is 292 g/mol. The van der Waals surface area contributed by atoms with Gasteiger partial charge in [-0.2, -0.15) is 5.10 Å². The van der Waals surface area contributed by atoms with E-state index in [1.54, 1.807) is 0 Å². The van der Waals surface area contributed by atoms with Gasteiger partial charge in [-0.25, -0.2) is 4.52 Å². The first kappa shape index (κ1) is 13.1. The lowest BCUT2D eigenvalue weighted by molar-refractivity contribution is 0.0944. The molecule has 0 bridgehead atoms. The van der Waals surface area contributed by atoms with Crippen LogP contribution in [0.25, 0.3) is 16.8 Å². The lowest BCUT2D eigenvalue weighted by atomic mass is 9.90. The van der Waals surface area contributed by atoms with Gasteiger partial charge in [-0.1, -0.05) is 37.3 Å². The molecule has 110 valence electrons. The first-order valence-electron chi connectivity index (χ1n) is 7.48. The maximum absolute atomic E-state index is 12.2. The number of nitrogens with zero attached hydrogens (tertiary/aromatic N) is 4. The number of hydrogen-bond acceptors (Lipinski definition) is 4. The topological polar surface area (TPSA) is 60.1 Å². The molecule has 0 unspecified atom stereocenters. The SMILES string of the molecule is Cc1nn2c3c(nnc2c1-c1ccccc1)C(=O)C[C@H](C)C3. The highest BCUT2D eigenvalue weighted by atomic mass is 16.1. The molecule has 1 aliphatic carbocycles. The molecule has 0 radical (unpaired) electrons. The van der Waals surface area contributed by atoms with Crippen LogP contribution in [-0.4, -0.2) is 25.6 Å². The Morgan fingerprint density at radius 3 is 2.68 bits per heavy atom. The molecular formula is C17H16N4O.